The highest BCUT2D eigenvalue weighted by molar-refractivity contribution is 5.99. The summed E-state index contributed by atoms with van der Waals surface area (Å²) in [7, 11) is 0. The summed E-state index contributed by atoms with van der Waals surface area (Å²) in [6.45, 7) is 0.541. The van der Waals surface area contributed by atoms with Gasteiger partial charge in [0, 0.05) is 19.3 Å². The van der Waals surface area contributed by atoms with E-state index in [4.69, 9.17) is 22.9 Å². The Balaban J connectivity index is 2.24. The first kappa shape index (κ1) is 61.2. The quantitative estimate of drug-likeness (QED) is 0.0303. The summed E-state index contributed by atoms with van der Waals surface area (Å²) in [5.74, 6) is -11.8. The van der Waals surface area contributed by atoms with Gasteiger partial charge in [-0.15, -0.1) is 0 Å². The normalized spacial score (nSPS) is 14.6. The number of amides is 10. The maximum absolute atomic E-state index is 14.0. The molecule has 28 heteroatoms. The fraction of sp³-hybridized carbons (Fsp3) is 0.489. The number of phenolic OH excluding ortho intramolecular Hbond substituents is 2. The van der Waals surface area contributed by atoms with E-state index in [1.165, 1.54) is 62.4 Å². The Labute approximate surface area is 418 Å². The maximum atomic E-state index is 14.0. The first-order valence-electron chi connectivity index (χ1n) is 22.8. The molecule has 2 aromatic carbocycles. The number of benzene rings is 2. The second-order valence-corrected chi connectivity index (χ2v) is 16.8. The lowest BCUT2D eigenvalue weighted by Crippen LogP contribution is -2.61. The molecule has 0 aliphatic heterocycles. The minimum atomic E-state index is -1.85. The molecule has 2 rings (SSSR count). The Kier molecular flexibility index (Phi) is 25.7. The number of primary amides is 2. The molecule has 2 aromatic rings. The van der Waals surface area contributed by atoms with Crippen LogP contribution in [-0.2, 0) is 65.6 Å². The molecule has 9 atom stereocenters. The van der Waals surface area contributed by atoms with Gasteiger partial charge in [0.2, 0.25) is 59.1 Å². The minimum absolute atomic E-state index is 0.0188. The summed E-state index contributed by atoms with van der Waals surface area (Å²) >= 11 is 0. The second kappa shape index (κ2) is 30.7. The van der Waals surface area contributed by atoms with Crippen molar-refractivity contribution >= 4 is 65.0 Å². The van der Waals surface area contributed by atoms with Crippen molar-refractivity contribution in [3.05, 3.63) is 59.7 Å². The molecule has 0 bridgehead atoms. The third kappa shape index (κ3) is 21.9. The summed E-state index contributed by atoms with van der Waals surface area (Å²) in [6.07, 6.45) is -0.967. The Bertz CT molecular complexity index is 2250. The molecule has 21 N–H and O–H groups in total. The number of unbranched alkanes of at least 4 members (excludes halogenated alkanes) is 1. The number of carbonyl (C=O) groups is 11. The molecule has 0 saturated heterocycles. The first-order valence-corrected chi connectivity index (χ1v) is 22.8. The van der Waals surface area contributed by atoms with E-state index in [2.05, 4.69) is 42.5 Å². The van der Waals surface area contributed by atoms with Gasteiger partial charge in [-0.25, -0.2) is 4.79 Å². The topological polar surface area (TPSA) is 489 Å². The number of carboxylic acids is 1. The van der Waals surface area contributed by atoms with Crippen LogP contribution < -0.4 is 65.5 Å². The van der Waals surface area contributed by atoms with Gasteiger partial charge < -0.3 is 91.0 Å². The smallest absolute Gasteiger partial charge is 0.328 e. The lowest BCUT2D eigenvalue weighted by atomic mass is 10.0. The molecule has 73 heavy (non-hydrogen) atoms. The lowest BCUT2D eigenvalue weighted by Gasteiger charge is -2.27. The molecule has 0 aliphatic rings. The molecule has 10 amide bonds. The number of carboxylic acid groups (broad SMARTS) is 1. The molecular weight excluding hydrogens is 965 g/mol. The van der Waals surface area contributed by atoms with Gasteiger partial charge in [0.15, 0.2) is 0 Å². The third-order valence-corrected chi connectivity index (χ3v) is 10.8. The van der Waals surface area contributed by atoms with Crippen molar-refractivity contribution in [2.75, 3.05) is 19.8 Å². The van der Waals surface area contributed by atoms with E-state index in [9.17, 15) is 78.3 Å². The molecular formula is C45H66N12O16. The first-order chi connectivity index (χ1) is 34.4. The highest BCUT2D eigenvalue weighted by atomic mass is 16.4. The van der Waals surface area contributed by atoms with E-state index in [0.717, 1.165) is 0 Å². The van der Waals surface area contributed by atoms with Crippen molar-refractivity contribution in [2.24, 2.45) is 22.9 Å². The second-order valence-electron chi connectivity index (χ2n) is 16.8. The number of aliphatic hydroxyl groups excluding tert-OH is 2. The number of rotatable bonds is 32. The van der Waals surface area contributed by atoms with Gasteiger partial charge in [-0.2, -0.15) is 0 Å². The number of aliphatic hydroxyl groups is 2. The largest absolute Gasteiger partial charge is 0.508 e. The van der Waals surface area contributed by atoms with Gasteiger partial charge >= 0.3 is 5.97 Å². The number of carbonyl (C=O) groups excluding carboxylic acids is 10. The Morgan fingerprint density at radius 3 is 1.32 bits per heavy atom. The molecule has 0 unspecified atom stereocenters. The summed E-state index contributed by atoms with van der Waals surface area (Å²) in [5.41, 5.74) is 22.9. The number of phenols is 2. The van der Waals surface area contributed by atoms with E-state index in [0.29, 0.717) is 24.0 Å². The van der Waals surface area contributed by atoms with Crippen LogP contribution in [0.3, 0.4) is 0 Å². The van der Waals surface area contributed by atoms with Crippen molar-refractivity contribution in [3.8, 4) is 11.5 Å². The standard InChI is InChI=1S/C45H66N12O16/c1-22(37(64)50-23(2)38(65)53-30(17-24-6-10-26(60)11-7-24)42(69)57-34(21-59)45(72)73)51-44(71)33(20-58)56-43(70)32(19-36(49)63)55-41(68)31(18-25-8-12-27(61)13-9-25)54-40(67)29(5-3-4-16-46)52-39(66)28(47)14-15-35(48)62/h6-13,22-23,28-34,58-61H,3-5,14-21,46-47H2,1-2H3,(H2,48,62)(H2,49,63)(H,50,64)(H,51,71)(H,52,66)(H,53,65)(H,54,67)(H,55,68)(H,56,70)(H,57,69)(H,72,73)/t22-,23-,28-,29-,30-,31-,32-,33-,34-/m0/s1. The van der Waals surface area contributed by atoms with Gasteiger partial charge in [0.25, 0.3) is 0 Å². The van der Waals surface area contributed by atoms with Gasteiger partial charge in [-0.05, 0) is 81.5 Å². The molecule has 0 fully saturated rings. The molecule has 0 spiro atoms. The Hall–Kier alpha value is -7.95. The molecule has 0 aliphatic carbocycles. The Morgan fingerprint density at radius 1 is 0.479 bits per heavy atom. The highest BCUT2D eigenvalue weighted by Crippen LogP contribution is 2.14. The molecule has 0 aromatic heterocycles. The van der Waals surface area contributed by atoms with Gasteiger partial charge in [0.05, 0.1) is 25.7 Å². The summed E-state index contributed by atoms with van der Waals surface area (Å²) in [5, 5.41) is 66.8. The van der Waals surface area contributed by atoms with Crippen LogP contribution >= 0.6 is 0 Å². The van der Waals surface area contributed by atoms with Crippen LogP contribution in [0.2, 0.25) is 0 Å². The zero-order chi connectivity index (χ0) is 54.9. The van der Waals surface area contributed by atoms with Crippen LogP contribution in [0.1, 0.15) is 63.5 Å². The van der Waals surface area contributed by atoms with E-state index in [1.54, 1.807) is 0 Å². The highest BCUT2D eigenvalue weighted by Gasteiger charge is 2.34. The monoisotopic (exact) mass is 1030 g/mol. The number of nitrogens with one attached hydrogen (secondary N) is 8. The predicted molar refractivity (Wildman–Crippen MR) is 255 cm³/mol. The number of aromatic hydroxyl groups is 2. The van der Waals surface area contributed by atoms with Crippen LogP contribution in [0.15, 0.2) is 48.5 Å². The number of aliphatic carboxylic acids is 1. The maximum Gasteiger partial charge on any atom is 0.328 e. The third-order valence-electron chi connectivity index (χ3n) is 10.8. The zero-order valence-electron chi connectivity index (χ0n) is 40.1. The van der Waals surface area contributed by atoms with Crippen molar-refractivity contribution in [1.29, 1.82) is 0 Å². The minimum Gasteiger partial charge on any atom is -0.508 e. The van der Waals surface area contributed by atoms with E-state index in [-0.39, 0.29) is 50.1 Å². The van der Waals surface area contributed by atoms with Crippen molar-refractivity contribution < 1.29 is 78.3 Å². The zero-order valence-corrected chi connectivity index (χ0v) is 40.1. The lowest BCUT2D eigenvalue weighted by molar-refractivity contribution is -0.143. The number of nitrogens with two attached hydrogens (primary N) is 4. The average Bonchev–Trinajstić information content (AvgIpc) is 3.33. The number of hydrogen-bond acceptors (Lipinski definition) is 17. The van der Waals surface area contributed by atoms with Crippen molar-refractivity contribution in [1.82, 2.24) is 42.5 Å². The average molecular weight is 1030 g/mol. The van der Waals surface area contributed by atoms with Crippen LogP contribution in [0, 0.1) is 0 Å². The number of hydrogen-bond donors (Lipinski definition) is 17. The summed E-state index contributed by atoms with van der Waals surface area (Å²) in [4.78, 5) is 142. The fourth-order valence-electron chi connectivity index (χ4n) is 6.58. The molecule has 28 nitrogen and oxygen atoms in total. The molecule has 0 radical (unpaired) electrons. The van der Waals surface area contributed by atoms with Gasteiger partial charge in [-0.3, -0.25) is 47.9 Å². The SMILES string of the molecule is C[C@H](NC(=O)[C@H](C)NC(=O)[C@H](CO)NC(=O)[C@H](CC(N)=O)NC(=O)[C@H](Cc1ccc(O)cc1)NC(=O)[C@H](CCCCN)NC(=O)[C@@H](N)CCC(N)=O)C(=O)N[C@@H](Cc1ccc(O)cc1)C(=O)N[C@@H](CO)C(=O)O. The van der Waals surface area contributed by atoms with E-state index >= 15 is 0 Å². The molecule has 0 saturated carbocycles. The van der Waals surface area contributed by atoms with Crippen LogP contribution in [0.25, 0.3) is 0 Å². The van der Waals surface area contributed by atoms with Crippen LogP contribution in [0.4, 0.5) is 0 Å². The fourth-order valence-corrected chi connectivity index (χ4v) is 6.58. The summed E-state index contributed by atoms with van der Waals surface area (Å²) in [6, 6.07) is -2.98. The van der Waals surface area contributed by atoms with Crippen LogP contribution in [-0.4, -0.2) is 165 Å². The van der Waals surface area contributed by atoms with Crippen molar-refractivity contribution in [2.45, 2.75) is 120 Å². The van der Waals surface area contributed by atoms with Crippen molar-refractivity contribution in [3.63, 3.8) is 0 Å². The molecule has 0 heterocycles. The van der Waals surface area contributed by atoms with E-state index < -0.39 is 139 Å². The van der Waals surface area contributed by atoms with Gasteiger partial charge in [0.1, 0.15) is 59.8 Å². The van der Waals surface area contributed by atoms with E-state index in [1.807, 2.05) is 0 Å². The Morgan fingerprint density at radius 2 is 0.863 bits per heavy atom. The van der Waals surface area contributed by atoms with Crippen LogP contribution in [0.5, 0.6) is 11.5 Å². The molecule has 402 valence electrons. The summed E-state index contributed by atoms with van der Waals surface area (Å²) < 4.78 is 0. The predicted octanol–water partition coefficient (Wildman–Crippen LogP) is -6.53. The van der Waals surface area contributed by atoms with Gasteiger partial charge in [-0.1, -0.05) is 24.3 Å².